The van der Waals surface area contributed by atoms with Crippen LogP contribution in [0.15, 0.2) is 72.8 Å². The lowest BCUT2D eigenvalue weighted by atomic mass is 10.1. The lowest BCUT2D eigenvalue weighted by Gasteiger charge is -2.11. The summed E-state index contributed by atoms with van der Waals surface area (Å²) in [6, 6.07) is 23.5. The SMILES string of the molecule is COc1ccc(OC)c(CC(=O)NCCc2ccc(OCc3ccccc3)cc2)c1. The highest BCUT2D eigenvalue weighted by atomic mass is 16.5. The van der Waals surface area contributed by atoms with Gasteiger partial charge in [0.25, 0.3) is 0 Å². The van der Waals surface area contributed by atoms with Crippen LogP contribution in [0.25, 0.3) is 0 Å². The first-order valence-corrected chi connectivity index (χ1v) is 9.91. The van der Waals surface area contributed by atoms with E-state index in [9.17, 15) is 4.79 Å². The van der Waals surface area contributed by atoms with Crippen molar-refractivity contribution in [2.24, 2.45) is 0 Å². The van der Waals surface area contributed by atoms with Crippen LogP contribution in [0.3, 0.4) is 0 Å². The third-order valence-corrected chi connectivity index (χ3v) is 4.75. The number of carbonyl (C=O) groups excluding carboxylic acids is 1. The Balaban J connectivity index is 1.44. The molecular weight excluding hydrogens is 378 g/mol. The Kier molecular flexibility index (Phi) is 7.72. The van der Waals surface area contributed by atoms with Crippen molar-refractivity contribution in [1.82, 2.24) is 5.32 Å². The van der Waals surface area contributed by atoms with Crippen molar-refractivity contribution in [3.8, 4) is 17.2 Å². The summed E-state index contributed by atoms with van der Waals surface area (Å²) in [6.07, 6.45) is 0.993. The summed E-state index contributed by atoms with van der Waals surface area (Å²) in [5.74, 6) is 2.16. The van der Waals surface area contributed by atoms with Gasteiger partial charge < -0.3 is 19.5 Å². The molecule has 0 aliphatic heterocycles. The zero-order valence-electron chi connectivity index (χ0n) is 17.4. The number of ether oxygens (including phenoxy) is 3. The van der Waals surface area contributed by atoms with E-state index in [-0.39, 0.29) is 12.3 Å². The molecule has 0 bridgehead atoms. The molecule has 3 aromatic rings. The highest BCUT2D eigenvalue weighted by Gasteiger charge is 2.10. The van der Waals surface area contributed by atoms with Crippen molar-refractivity contribution in [1.29, 1.82) is 0 Å². The second kappa shape index (κ2) is 10.9. The number of hydrogen-bond donors (Lipinski definition) is 1. The minimum atomic E-state index is -0.0515. The smallest absolute Gasteiger partial charge is 0.224 e. The van der Waals surface area contributed by atoms with Crippen molar-refractivity contribution in [3.63, 3.8) is 0 Å². The van der Waals surface area contributed by atoms with Gasteiger partial charge in [0.2, 0.25) is 5.91 Å². The molecule has 0 aliphatic rings. The Hall–Kier alpha value is -3.47. The number of nitrogens with one attached hydrogen (secondary N) is 1. The number of benzene rings is 3. The number of carbonyl (C=O) groups is 1. The van der Waals surface area contributed by atoms with Crippen molar-refractivity contribution in [2.75, 3.05) is 20.8 Å². The highest BCUT2D eigenvalue weighted by molar-refractivity contribution is 5.79. The monoisotopic (exact) mass is 405 g/mol. The lowest BCUT2D eigenvalue weighted by Crippen LogP contribution is -2.27. The van der Waals surface area contributed by atoms with Gasteiger partial charge in [-0.1, -0.05) is 42.5 Å². The summed E-state index contributed by atoms with van der Waals surface area (Å²) < 4.78 is 16.4. The van der Waals surface area contributed by atoms with E-state index >= 15 is 0 Å². The lowest BCUT2D eigenvalue weighted by molar-refractivity contribution is -0.120. The molecule has 5 nitrogen and oxygen atoms in total. The average Bonchev–Trinajstić information content (AvgIpc) is 2.79. The number of hydrogen-bond acceptors (Lipinski definition) is 4. The first kappa shape index (κ1) is 21.2. The average molecular weight is 405 g/mol. The fourth-order valence-electron chi connectivity index (χ4n) is 3.10. The van der Waals surface area contributed by atoms with Gasteiger partial charge in [-0.25, -0.2) is 0 Å². The normalized spacial score (nSPS) is 10.3. The number of methoxy groups -OCH3 is 2. The fourth-order valence-corrected chi connectivity index (χ4v) is 3.10. The van der Waals surface area contributed by atoms with Gasteiger partial charge in [0.1, 0.15) is 23.9 Å². The minimum Gasteiger partial charge on any atom is -0.497 e. The van der Waals surface area contributed by atoms with Gasteiger partial charge in [-0.15, -0.1) is 0 Å². The van der Waals surface area contributed by atoms with Crippen LogP contribution in [0.2, 0.25) is 0 Å². The van der Waals surface area contributed by atoms with Gasteiger partial charge in [-0.05, 0) is 47.9 Å². The van der Waals surface area contributed by atoms with Crippen LogP contribution in [0.4, 0.5) is 0 Å². The standard InChI is InChI=1S/C25H27NO4/c1-28-23-12-13-24(29-2)21(16-23)17-25(27)26-15-14-19-8-10-22(11-9-19)30-18-20-6-4-3-5-7-20/h3-13,16H,14-15,17-18H2,1-2H3,(H,26,27). The maximum Gasteiger partial charge on any atom is 0.224 e. The van der Waals surface area contributed by atoms with E-state index in [2.05, 4.69) is 5.32 Å². The van der Waals surface area contributed by atoms with E-state index in [1.54, 1.807) is 14.2 Å². The Bertz CT molecular complexity index is 939. The van der Waals surface area contributed by atoms with E-state index in [4.69, 9.17) is 14.2 Å². The summed E-state index contributed by atoms with van der Waals surface area (Å²) in [7, 11) is 3.19. The Morgan fingerprint density at radius 1 is 0.833 bits per heavy atom. The van der Waals surface area contributed by atoms with E-state index in [1.807, 2.05) is 72.8 Å². The first-order chi connectivity index (χ1) is 14.7. The second-order valence-corrected chi connectivity index (χ2v) is 6.87. The first-order valence-electron chi connectivity index (χ1n) is 9.91. The molecule has 1 N–H and O–H groups in total. The number of amides is 1. The van der Waals surface area contributed by atoms with E-state index in [0.717, 1.165) is 28.9 Å². The number of rotatable bonds is 10. The van der Waals surface area contributed by atoms with E-state index in [0.29, 0.717) is 24.7 Å². The zero-order chi connectivity index (χ0) is 21.2. The summed E-state index contributed by atoms with van der Waals surface area (Å²) in [4.78, 5) is 12.3. The molecular formula is C25H27NO4. The molecule has 156 valence electrons. The maximum atomic E-state index is 12.3. The van der Waals surface area contributed by atoms with Gasteiger partial charge in [-0.2, -0.15) is 0 Å². The van der Waals surface area contributed by atoms with Crippen LogP contribution in [0.1, 0.15) is 16.7 Å². The third-order valence-electron chi connectivity index (χ3n) is 4.75. The molecule has 30 heavy (non-hydrogen) atoms. The van der Waals surface area contributed by atoms with Crippen LogP contribution in [-0.2, 0) is 24.2 Å². The molecule has 0 unspecified atom stereocenters. The van der Waals surface area contributed by atoms with Crippen molar-refractivity contribution >= 4 is 5.91 Å². The Morgan fingerprint density at radius 2 is 1.57 bits per heavy atom. The molecule has 5 heteroatoms. The van der Waals surface area contributed by atoms with Crippen LogP contribution >= 0.6 is 0 Å². The van der Waals surface area contributed by atoms with Crippen molar-refractivity contribution in [3.05, 3.63) is 89.5 Å². The predicted molar refractivity (Wildman–Crippen MR) is 117 cm³/mol. The van der Waals surface area contributed by atoms with Gasteiger partial charge >= 0.3 is 0 Å². The molecule has 1 amide bonds. The van der Waals surface area contributed by atoms with Crippen LogP contribution in [0, 0.1) is 0 Å². The highest BCUT2D eigenvalue weighted by Crippen LogP contribution is 2.24. The summed E-state index contributed by atoms with van der Waals surface area (Å²) in [5, 5.41) is 2.96. The molecule has 0 radical (unpaired) electrons. The quantitative estimate of drug-likeness (QED) is 0.550. The zero-order valence-corrected chi connectivity index (χ0v) is 17.4. The molecule has 3 rings (SSSR count). The fraction of sp³-hybridized carbons (Fsp3) is 0.240. The van der Waals surface area contributed by atoms with E-state index < -0.39 is 0 Å². The second-order valence-electron chi connectivity index (χ2n) is 6.87. The molecule has 0 aromatic heterocycles. The minimum absolute atomic E-state index is 0.0515. The third kappa shape index (κ3) is 6.27. The van der Waals surface area contributed by atoms with Crippen molar-refractivity contribution < 1.29 is 19.0 Å². The van der Waals surface area contributed by atoms with Crippen LogP contribution in [-0.4, -0.2) is 26.7 Å². The topological polar surface area (TPSA) is 56.8 Å². The van der Waals surface area contributed by atoms with Gasteiger partial charge in [0.15, 0.2) is 0 Å². The summed E-state index contributed by atoms with van der Waals surface area (Å²) in [5.41, 5.74) is 3.08. The van der Waals surface area contributed by atoms with E-state index in [1.165, 1.54) is 0 Å². The molecule has 0 fully saturated rings. The molecule has 0 saturated heterocycles. The molecule has 0 spiro atoms. The molecule has 3 aromatic carbocycles. The Morgan fingerprint density at radius 3 is 2.27 bits per heavy atom. The maximum absolute atomic E-state index is 12.3. The van der Waals surface area contributed by atoms with Crippen LogP contribution < -0.4 is 19.5 Å². The van der Waals surface area contributed by atoms with Gasteiger partial charge in [-0.3, -0.25) is 4.79 Å². The summed E-state index contributed by atoms with van der Waals surface area (Å²) >= 11 is 0. The molecule has 0 saturated carbocycles. The Labute approximate surface area is 177 Å². The van der Waals surface area contributed by atoms with Crippen LogP contribution in [0.5, 0.6) is 17.2 Å². The van der Waals surface area contributed by atoms with Gasteiger partial charge in [0.05, 0.1) is 20.6 Å². The molecule has 0 aliphatic carbocycles. The largest absolute Gasteiger partial charge is 0.497 e. The van der Waals surface area contributed by atoms with Gasteiger partial charge in [0, 0.05) is 12.1 Å². The summed E-state index contributed by atoms with van der Waals surface area (Å²) in [6.45, 7) is 1.11. The predicted octanol–water partition coefficient (Wildman–Crippen LogP) is 4.18. The molecule has 0 atom stereocenters. The molecule has 0 heterocycles. The van der Waals surface area contributed by atoms with Crippen molar-refractivity contribution in [2.45, 2.75) is 19.4 Å².